The quantitative estimate of drug-likeness (QED) is 0.879. The fourth-order valence-corrected chi connectivity index (χ4v) is 4.40. The Bertz CT molecular complexity index is 786. The third-order valence-corrected chi connectivity index (χ3v) is 6.00. The molecule has 3 saturated heterocycles. The maximum atomic E-state index is 12.5. The molecule has 136 valence electrons. The molecular weight excluding hydrogens is 328 g/mol. The summed E-state index contributed by atoms with van der Waals surface area (Å²) in [4.78, 5) is 19.3. The van der Waals surface area contributed by atoms with E-state index in [0.29, 0.717) is 18.0 Å². The van der Waals surface area contributed by atoms with E-state index < -0.39 is 0 Å². The van der Waals surface area contributed by atoms with Crippen LogP contribution in [-0.4, -0.2) is 56.0 Å². The fourth-order valence-electron chi connectivity index (χ4n) is 4.40. The van der Waals surface area contributed by atoms with E-state index in [1.807, 2.05) is 29.1 Å². The SMILES string of the molecule is O=C(NC1CC1)[C@H]1CN2CC[C@H]1C[C@@H]2Cn1cc(-c2ccccn2)nn1. The lowest BCUT2D eigenvalue weighted by Gasteiger charge is -2.49. The third-order valence-electron chi connectivity index (χ3n) is 6.00. The number of pyridine rings is 1. The number of fused-ring (bicyclic) bond motifs is 3. The summed E-state index contributed by atoms with van der Waals surface area (Å²) in [7, 11) is 0. The predicted octanol–water partition coefficient (Wildman–Crippen LogP) is 1.33. The molecule has 7 heteroatoms. The minimum absolute atomic E-state index is 0.167. The largest absolute Gasteiger partial charge is 0.353 e. The van der Waals surface area contributed by atoms with E-state index in [4.69, 9.17) is 0 Å². The van der Waals surface area contributed by atoms with E-state index in [-0.39, 0.29) is 11.8 Å². The number of aromatic nitrogens is 4. The van der Waals surface area contributed by atoms with Crippen LogP contribution in [0.2, 0.25) is 0 Å². The zero-order valence-electron chi connectivity index (χ0n) is 14.8. The number of nitrogens with one attached hydrogen (secondary N) is 1. The van der Waals surface area contributed by atoms with Gasteiger partial charge in [-0.3, -0.25) is 19.4 Å². The van der Waals surface area contributed by atoms with Crippen LogP contribution < -0.4 is 5.32 Å². The molecule has 1 saturated carbocycles. The zero-order chi connectivity index (χ0) is 17.5. The van der Waals surface area contributed by atoms with Crippen LogP contribution in [0.4, 0.5) is 0 Å². The molecule has 0 aromatic carbocycles. The topological polar surface area (TPSA) is 75.9 Å². The molecule has 0 radical (unpaired) electrons. The van der Waals surface area contributed by atoms with Crippen molar-refractivity contribution >= 4 is 5.91 Å². The lowest BCUT2D eigenvalue weighted by atomic mass is 9.75. The van der Waals surface area contributed by atoms with E-state index in [9.17, 15) is 4.79 Å². The number of nitrogens with zero attached hydrogens (tertiary/aromatic N) is 5. The van der Waals surface area contributed by atoms with E-state index >= 15 is 0 Å². The van der Waals surface area contributed by atoms with Crippen molar-refractivity contribution in [3.05, 3.63) is 30.6 Å². The molecule has 1 N–H and O–H groups in total. The van der Waals surface area contributed by atoms with Crippen LogP contribution in [-0.2, 0) is 11.3 Å². The second-order valence-electron chi connectivity index (χ2n) is 7.86. The molecule has 1 unspecified atom stereocenters. The number of carbonyl (C=O) groups is 1. The molecular formula is C19H24N6O. The summed E-state index contributed by atoms with van der Waals surface area (Å²) in [5.74, 6) is 0.946. The highest BCUT2D eigenvalue weighted by molar-refractivity contribution is 5.80. The van der Waals surface area contributed by atoms with Gasteiger partial charge in [0.15, 0.2) is 0 Å². The monoisotopic (exact) mass is 352 g/mol. The van der Waals surface area contributed by atoms with Gasteiger partial charge in [-0.2, -0.15) is 0 Å². The molecule has 0 spiro atoms. The number of amides is 1. The Morgan fingerprint density at radius 2 is 2.15 bits per heavy atom. The van der Waals surface area contributed by atoms with Crippen LogP contribution in [0.3, 0.4) is 0 Å². The van der Waals surface area contributed by atoms with E-state index in [0.717, 1.165) is 56.7 Å². The van der Waals surface area contributed by atoms with Crippen LogP contribution in [0.15, 0.2) is 30.6 Å². The molecule has 4 aliphatic rings. The molecule has 1 amide bonds. The summed E-state index contributed by atoms with van der Waals surface area (Å²) in [6.07, 6.45) is 8.26. The summed E-state index contributed by atoms with van der Waals surface area (Å²) >= 11 is 0. The minimum atomic E-state index is 0.167. The average molecular weight is 352 g/mol. The lowest BCUT2D eigenvalue weighted by molar-refractivity contribution is -0.133. The van der Waals surface area contributed by atoms with Gasteiger partial charge in [-0.25, -0.2) is 0 Å². The van der Waals surface area contributed by atoms with Crippen LogP contribution in [0.5, 0.6) is 0 Å². The summed E-state index contributed by atoms with van der Waals surface area (Å²) in [5.41, 5.74) is 1.66. The van der Waals surface area contributed by atoms with Crippen molar-refractivity contribution in [3.63, 3.8) is 0 Å². The van der Waals surface area contributed by atoms with Crippen LogP contribution in [0, 0.1) is 11.8 Å². The number of piperidine rings is 3. The maximum absolute atomic E-state index is 12.5. The first-order valence-electron chi connectivity index (χ1n) is 9.62. The molecule has 4 atom stereocenters. The summed E-state index contributed by atoms with van der Waals surface area (Å²) in [6, 6.07) is 6.70. The Balaban J connectivity index is 1.24. The molecule has 26 heavy (non-hydrogen) atoms. The van der Waals surface area contributed by atoms with Gasteiger partial charge in [-0.1, -0.05) is 11.3 Å². The standard InChI is InChI=1S/C19H24N6O/c26-19(21-14-4-5-14)16-11-24-8-6-13(16)9-15(24)10-25-12-18(22-23-25)17-3-1-2-7-20-17/h1-3,7,12-16H,4-6,8-11H2,(H,21,26)/t13-,15+,16-/m0/s1. The first kappa shape index (κ1) is 15.9. The van der Waals surface area contributed by atoms with Crippen molar-refractivity contribution in [1.29, 1.82) is 0 Å². The number of carbonyl (C=O) groups excluding carboxylic acids is 1. The van der Waals surface area contributed by atoms with Gasteiger partial charge < -0.3 is 5.32 Å². The Morgan fingerprint density at radius 3 is 2.88 bits per heavy atom. The first-order chi connectivity index (χ1) is 12.8. The predicted molar refractivity (Wildman–Crippen MR) is 96.0 cm³/mol. The number of rotatable bonds is 5. The highest BCUT2D eigenvalue weighted by atomic mass is 16.2. The molecule has 2 aromatic rings. The van der Waals surface area contributed by atoms with Gasteiger partial charge in [0.25, 0.3) is 0 Å². The molecule has 3 aliphatic heterocycles. The highest BCUT2D eigenvalue weighted by Gasteiger charge is 2.44. The van der Waals surface area contributed by atoms with Gasteiger partial charge in [-0.15, -0.1) is 5.10 Å². The van der Waals surface area contributed by atoms with Crippen molar-refractivity contribution in [1.82, 2.24) is 30.2 Å². The van der Waals surface area contributed by atoms with Crippen molar-refractivity contribution in [3.8, 4) is 11.4 Å². The zero-order valence-corrected chi connectivity index (χ0v) is 14.8. The lowest BCUT2D eigenvalue weighted by Crippen LogP contribution is -2.58. The van der Waals surface area contributed by atoms with Crippen LogP contribution in [0.1, 0.15) is 25.7 Å². The van der Waals surface area contributed by atoms with Gasteiger partial charge in [0.05, 0.1) is 24.4 Å². The summed E-state index contributed by atoms with van der Waals surface area (Å²) in [5, 5.41) is 11.8. The fraction of sp³-hybridized carbons (Fsp3) is 0.579. The summed E-state index contributed by atoms with van der Waals surface area (Å²) in [6.45, 7) is 2.80. The van der Waals surface area contributed by atoms with Gasteiger partial charge in [-0.05, 0) is 50.3 Å². The summed E-state index contributed by atoms with van der Waals surface area (Å²) < 4.78 is 1.93. The normalized spacial score (nSPS) is 30.3. The van der Waals surface area contributed by atoms with Gasteiger partial charge >= 0.3 is 0 Å². The molecule has 7 nitrogen and oxygen atoms in total. The van der Waals surface area contributed by atoms with Crippen LogP contribution in [0.25, 0.3) is 11.4 Å². The molecule has 5 heterocycles. The van der Waals surface area contributed by atoms with Gasteiger partial charge in [0.2, 0.25) is 5.91 Å². The van der Waals surface area contributed by atoms with E-state index in [2.05, 4.69) is 25.5 Å². The molecule has 1 aliphatic carbocycles. The van der Waals surface area contributed by atoms with Gasteiger partial charge in [0, 0.05) is 24.8 Å². The first-order valence-corrected chi connectivity index (χ1v) is 9.62. The molecule has 2 aromatic heterocycles. The minimum Gasteiger partial charge on any atom is -0.353 e. The molecule has 2 bridgehead atoms. The Hall–Kier alpha value is -2.28. The highest BCUT2D eigenvalue weighted by Crippen LogP contribution is 2.37. The Labute approximate surface area is 152 Å². The van der Waals surface area contributed by atoms with Crippen molar-refractivity contribution in [2.24, 2.45) is 11.8 Å². The number of hydrogen-bond acceptors (Lipinski definition) is 5. The molecule has 6 rings (SSSR count). The third kappa shape index (κ3) is 3.11. The smallest absolute Gasteiger partial charge is 0.224 e. The second-order valence-corrected chi connectivity index (χ2v) is 7.86. The number of hydrogen-bond donors (Lipinski definition) is 1. The average Bonchev–Trinajstić information content (AvgIpc) is 3.38. The van der Waals surface area contributed by atoms with Crippen molar-refractivity contribution < 1.29 is 4.79 Å². The van der Waals surface area contributed by atoms with Crippen molar-refractivity contribution in [2.45, 2.75) is 44.3 Å². The molecule has 4 fully saturated rings. The Morgan fingerprint density at radius 1 is 1.23 bits per heavy atom. The van der Waals surface area contributed by atoms with E-state index in [1.54, 1.807) is 6.20 Å². The van der Waals surface area contributed by atoms with Gasteiger partial charge in [0.1, 0.15) is 5.69 Å². The maximum Gasteiger partial charge on any atom is 0.224 e. The van der Waals surface area contributed by atoms with Crippen molar-refractivity contribution in [2.75, 3.05) is 13.1 Å². The van der Waals surface area contributed by atoms with Crippen LogP contribution >= 0.6 is 0 Å². The second kappa shape index (κ2) is 6.46. The Kier molecular flexibility index (Phi) is 3.96. The van der Waals surface area contributed by atoms with E-state index in [1.165, 1.54) is 0 Å².